The van der Waals surface area contributed by atoms with Gasteiger partial charge >= 0.3 is 0 Å². The lowest BCUT2D eigenvalue weighted by molar-refractivity contribution is 0.282. The molecular weight excluding hydrogens is 246 g/mol. The first kappa shape index (κ1) is 14.6. The van der Waals surface area contributed by atoms with Crippen LogP contribution in [0.15, 0.2) is 36.4 Å². The maximum atomic E-state index is 9.40. The Morgan fingerprint density at radius 1 is 1.00 bits per heavy atom. The van der Waals surface area contributed by atoms with Crippen molar-refractivity contribution in [1.82, 2.24) is 0 Å². The first-order valence-electron chi connectivity index (χ1n) is 7.06. The molecule has 0 aliphatic rings. The molecule has 1 unspecified atom stereocenters. The van der Waals surface area contributed by atoms with Gasteiger partial charge in [-0.2, -0.15) is 0 Å². The minimum Gasteiger partial charge on any atom is -0.392 e. The van der Waals surface area contributed by atoms with E-state index in [4.69, 9.17) is 0 Å². The second kappa shape index (κ2) is 6.10. The van der Waals surface area contributed by atoms with Crippen molar-refractivity contribution >= 4 is 5.69 Å². The standard InChI is InChI=1S/C18H23NO/c1-12-9-14(3)17(10-13(12)2)15(4)19-18-8-6-5-7-16(18)11-20/h5-10,15,19-20H,11H2,1-4H3. The first-order chi connectivity index (χ1) is 9.52. The number of hydrogen-bond donors (Lipinski definition) is 2. The summed E-state index contributed by atoms with van der Waals surface area (Å²) in [5.41, 5.74) is 7.18. The SMILES string of the molecule is Cc1cc(C)c(C(C)Nc2ccccc2CO)cc1C. The van der Waals surface area contributed by atoms with Gasteiger partial charge in [-0.1, -0.05) is 30.3 Å². The molecule has 0 bridgehead atoms. The molecule has 1 atom stereocenters. The molecule has 0 fully saturated rings. The Bertz CT molecular complexity index is 604. The zero-order valence-electron chi connectivity index (χ0n) is 12.7. The van der Waals surface area contributed by atoms with Crippen molar-refractivity contribution in [3.63, 3.8) is 0 Å². The van der Waals surface area contributed by atoms with Crippen molar-refractivity contribution < 1.29 is 5.11 Å². The molecule has 2 aromatic carbocycles. The van der Waals surface area contributed by atoms with Crippen LogP contribution in [-0.2, 0) is 6.61 Å². The highest BCUT2D eigenvalue weighted by molar-refractivity contribution is 5.53. The van der Waals surface area contributed by atoms with Gasteiger partial charge in [-0.25, -0.2) is 0 Å². The van der Waals surface area contributed by atoms with E-state index in [0.717, 1.165) is 11.3 Å². The van der Waals surface area contributed by atoms with E-state index in [1.165, 1.54) is 22.3 Å². The Labute approximate surface area is 121 Å². The lowest BCUT2D eigenvalue weighted by Gasteiger charge is -2.21. The summed E-state index contributed by atoms with van der Waals surface area (Å²) < 4.78 is 0. The molecule has 0 saturated heterocycles. The third-order valence-corrected chi connectivity index (χ3v) is 3.91. The van der Waals surface area contributed by atoms with E-state index in [2.05, 4.69) is 45.1 Å². The number of nitrogens with one attached hydrogen (secondary N) is 1. The number of anilines is 1. The fourth-order valence-corrected chi connectivity index (χ4v) is 2.56. The van der Waals surface area contributed by atoms with Gasteiger partial charge < -0.3 is 10.4 Å². The maximum absolute atomic E-state index is 9.40. The summed E-state index contributed by atoms with van der Waals surface area (Å²) in [7, 11) is 0. The van der Waals surface area contributed by atoms with Crippen LogP contribution in [0.5, 0.6) is 0 Å². The predicted molar refractivity (Wildman–Crippen MR) is 85.1 cm³/mol. The van der Waals surface area contributed by atoms with Crippen molar-refractivity contribution in [3.8, 4) is 0 Å². The van der Waals surface area contributed by atoms with Gasteiger partial charge in [-0.3, -0.25) is 0 Å². The highest BCUT2D eigenvalue weighted by Gasteiger charge is 2.11. The van der Waals surface area contributed by atoms with Crippen LogP contribution in [0, 0.1) is 20.8 Å². The Morgan fingerprint density at radius 3 is 2.35 bits per heavy atom. The molecule has 2 heteroatoms. The van der Waals surface area contributed by atoms with Crippen LogP contribution in [0.3, 0.4) is 0 Å². The molecule has 0 aliphatic carbocycles. The van der Waals surface area contributed by atoms with E-state index in [0.29, 0.717) is 0 Å². The zero-order valence-corrected chi connectivity index (χ0v) is 12.7. The number of aliphatic hydroxyl groups excluding tert-OH is 1. The Hall–Kier alpha value is -1.80. The topological polar surface area (TPSA) is 32.3 Å². The molecule has 0 spiro atoms. The molecule has 0 heterocycles. The normalized spacial score (nSPS) is 12.2. The largest absolute Gasteiger partial charge is 0.392 e. The van der Waals surface area contributed by atoms with E-state index in [1.807, 2.05) is 24.3 Å². The molecule has 0 aliphatic heterocycles. The molecule has 2 N–H and O–H groups in total. The molecule has 2 rings (SSSR count). The van der Waals surface area contributed by atoms with Crippen LogP contribution in [0.4, 0.5) is 5.69 Å². The molecule has 0 amide bonds. The van der Waals surface area contributed by atoms with E-state index in [9.17, 15) is 5.11 Å². The van der Waals surface area contributed by atoms with Gasteiger partial charge in [0.2, 0.25) is 0 Å². The third-order valence-electron chi connectivity index (χ3n) is 3.91. The van der Waals surface area contributed by atoms with Gasteiger partial charge in [0.25, 0.3) is 0 Å². The van der Waals surface area contributed by atoms with Crippen LogP contribution < -0.4 is 5.32 Å². The second-order valence-electron chi connectivity index (χ2n) is 5.47. The second-order valence-corrected chi connectivity index (χ2v) is 5.47. The monoisotopic (exact) mass is 269 g/mol. The zero-order chi connectivity index (χ0) is 14.7. The summed E-state index contributed by atoms with van der Waals surface area (Å²) in [4.78, 5) is 0. The minimum atomic E-state index is 0.0573. The smallest absolute Gasteiger partial charge is 0.0701 e. The number of benzene rings is 2. The van der Waals surface area contributed by atoms with E-state index >= 15 is 0 Å². The summed E-state index contributed by atoms with van der Waals surface area (Å²) in [6.45, 7) is 8.66. The summed E-state index contributed by atoms with van der Waals surface area (Å²) in [6, 6.07) is 12.6. The van der Waals surface area contributed by atoms with E-state index < -0.39 is 0 Å². The lowest BCUT2D eigenvalue weighted by atomic mass is 9.96. The molecular formula is C18H23NO. The van der Waals surface area contributed by atoms with E-state index in [-0.39, 0.29) is 12.6 Å². The van der Waals surface area contributed by atoms with Crippen molar-refractivity contribution in [1.29, 1.82) is 0 Å². The fourth-order valence-electron chi connectivity index (χ4n) is 2.56. The highest BCUT2D eigenvalue weighted by atomic mass is 16.3. The molecule has 106 valence electrons. The molecule has 2 nitrogen and oxygen atoms in total. The first-order valence-corrected chi connectivity index (χ1v) is 7.06. The molecule has 20 heavy (non-hydrogen) atoms. The van der Waals surface area contributed by atoms with Crippen molar-refractivity contribution in [2.75, 3.05) is 5.32 Å². The Kier molecular flexibility index (Phi) is 4.46. The number of hydrogen-bond acceptors (Lipinski definition) is 2. The highest BCUT2D eigenvalue weighted by Crippen LogP contribution is 2.26. The van der Waals surface area contributed by atoms with Crippen molar-refractivity contribution in [2.24, 2.45) is 0 Å². The number of aliphatic hydroxyl groups is 1. The average Bonchev–Trinajstić information content (AvgIpc) is 2.43. The van der Waals surface area contributed by atoms with Crippen LogP contribution in [-0.4, -0.2) is 5.11 Å². The summed E-state index contributed by atoms with van der Waals surface area (Å²) in [6.07, 6.45) is 0. The van der Waals surface area contributed by atoms with E-state index in [1.54, 1.807) is 0 Å². The van der Waals surface area contributed by atoms with Crippen molar-refractivity contribution in [3.05, 3.63) is 64.2 Å². The Balaban J connectivity index is 2.28. The fraction of sp³-hybridized carbons (Fsp3) is 0.333. The molecule has 0 saturated carbocycles. The van der Waals surface area contributed by atoms with Crippen molar-refractivity contribution in [2.45, 2.75) is 40.3 Å². The minimum absolute atomic E-state index is 0.0573. The van der Waals surface area contributed by atoms with Gasteiger partial charge in [0.15, 0.2) is 0 Å². The number of rotatable bonds is 4. The predicted octanol–water partition coefficient (Wildman–Crippen LogP) is 4.28. The summed E-state index contributed by atoms with van der Waals surface area (Å²) >= 11 is 0. The van der Waals surface area contributed by atoms with Crippen LogP contribution >= 0.6 is 0 Å². The summed E-state index contributed by atoms with van der Waals surface area (Å²) in [5, 5.41) is 12.9. The van der Waals surface area contributed by atoms with Gasteiger partial charge in [0.1, 0.15) is 0 Å². The molecule has 0 radical (unpaired) electrons. The third kappa shape index (κ3) is 3.02. The number of para-hydroxylation sites is 1. The van der Waals surface area contributed by atoms with Gasteiger partial charge in [0, 0.05) is 17.3 Å². The summed E-state index contributed by atoms with van der Waals surface area (Å²) in [5.74, 6) is 0. The van der Waals surface area contributed by atoms with Gasteiger partial charge in [-0.05, 0) is 56.0 Å². The lowest BCUT2D eigenvalue weighted by Crippen LogP contribution is -2.10. The quantitative estimate of drug-likeness (QED) is 0.868. The number of aryl methyl sites for hydroxylation is 3. The van der Waals surface area contributed by atoms with Gasteiger partial charge in [0.05, 0.1) is 6.61 Å². The van der Waals surface area contributed by atoms with Gasteiger partial charge in [-0.15, -0.1) is 0 Å². The molecule has 0 aromatic heterocycles. The Morgan fingerprint density at radius 2 is 1.65 bits per heavy atom. The van der Waals surface area contributed by atoms with Crippen LogP contribution in [0.2, 0.25) is 0 Å². The molecule has 2 aromatic rings. The average molecular weight is 269 g/mol. The maximum Gasteiger partial charge on any atom is 0.0701 e. The van der Waals surface area contributed by atoms with Crippen LogP contribution in [0.25, 0.3) is 0 Å². The van der Waals surface area contributed by atoms with Crippen LogP contribution in [0.1, 0.15) is 40.8 Å².